The molecule has 130 valence electrons. The summed E-state index contributed by atoms with van der Waals surface area (Å²) in [6.45, 7) is 9.63. The third-order valence-corrected chi connectivity index (χ3v) is 4.29. The topological polar surface area (TPSA) is 38.1 Å². The highest BCUT2D eigenvalue weighted by atomic mass is 16.5. The smallest absolute Gasteiger partial charge is 0.190 e. The van der Waals surface area contributed by atoms with Crippen LogP contribution in [-0.2, 0) is 0 Å². The van der Waals surface area contributed by atoms with Crippen molar-refractivity contribution in [2.45, 2.75) is 34.1 Å². The summed E-state index contributed by atoms with van der Waals surface area (Å²) in [7, 11) is 0. The quantitative estimate of drug-likeness (QED) is 0.606. The van der Waals surface area contributed by atoms with E-state index in [1.54, 1.807) is 0 Å². The van der Waals surface area contributed by atoms with E-state index < -0.39 is 0 Å². The largest absolute Gasteiger partial charge is 0.380 e. The molecule has 25 heavy (non-hydrogen) atoms. The Labute approximate surface area is 150 Å². The van der Waals surface area contributed by atoms with Crippen LogP contribution in [-0.4, -0.2) is 11.7 Å². The van der Waals surface area contributed by atoms with Gasteiger partial charge in [0.2, 0.25) is 0 Å². The van der Waals surface area contributed by atoms with Gasteiger partial charge in [-0.05, 0) is 29.9 Å². The van der Waals surface area contributed by atoms with Gasteiger partial charge in [-0.15, -0.1) is 0 Å². The van der Waals surface area contributed by atoms with Crippen molar-refractivity contribution in [3.63, 3.8) is 0 Å². The van der Waals surface area contributed by atoms with Gasteiger partial charge < -0.3 is 9.84 Å². The molecule has 3 aromatic rings. The number of aryl methyl sites for hydroxylation is 1. The second kappa shape index (κ2) is 7.14. The standard InChI is InChI=1S/C22H26N2O/c1-16-20(23-15-14-22(2,3)4)21(25-24-16)19-12-10-18(11-13-19)17-8-6-5-7-9-17/h5-13,23H,14-15H2,1-4H3. The summed E-state index contributed by atoms with van der Waals surface area (Å²) in [5.41, 5.74) is 5.65. The first-order valence-corrected chi connectivity index (χ1v) is 8.80. The fourth-order valence-corrected chi connectivity index (χ4v) is 2.78. The average Bonchev–Trinajstić information content (AvgIpc) is 2.96. The normalized spacial score (nSPS) is 11.5. The summed E-state index contributed by atoms with van der Waals surface area (Å²) in [6.07, 6.45) is 1.09. The Hall–Kier alpha value is -2.55. The molecule has 0 saturated heterocycles. The van der Waals surface area contributed by atoms with Gasteiger partial charge >= 0.3 is 0 Å². The van der Waals surface area contributed by atoms with Crippen LogP contribution in [0.2, 0.25) is 0 Å². The fourth-order valence-electron chi connectivity index (χ4n) is 2.78. The molecule has 0 unspecified atom stereocenters. The Bertz CT molecular complexity index is 811. The molecule has 0 radical (unpaired) electrons. The first-order chi connectivity index (χ1) is 11.9. The number of hydrogen-bond donors (Lipinski definition) is 1. The summed E-state index contributed by atoms with van der Waals surface area (Å²) in [6, 6.07) is 18.8. The van der Waals surface area contributed by atoms with Crippen LogP contribution in [0.25, 0.3) is 22.5 Å². The molecule has 3 rings (SSSR count). The molecule has 1 heterocycles. The second-order valence-electron chi connectivity index (χ2n) is 7.65. The zero-order chi connectivity index (χ0) is 17.9. The van der Waals surface area contributed by atoms with Gasteiger partial charge in [0, 0.05) is 12.1 Å². The maximum absolute atomic E-state index is 5.60. The first kappa shape index (κ1) is 17.3. The summed E-state index contributed by atoms with van der Waals surface area (Å²) >= 11 is 0. The van der Waals surface area contributed by atoms with Gasteiger partial charge in [0.05, 0.1) is 0 Å². The fraction of sp³-hybridized carbons (Fsp3) is 0.318. The van der Waals surface area contributed by atoms with Crippen molar-refractivity contribution in [1.29, 1.82) is 0 Å². The number of rotatable bonds is 5. The number of aromatic nitrogens is 1. The zero-order valence-corrected chi connectivity index (χ0v) is 15.5. The van der Waals surface area contributed by atoms with Gasteiger partial charge in [0.1, 0.15) is 11.4 Å². The van der Waals surface area contributed by atoms with E-state index in [1.165, 1.54) is 11.1 Å². The van der Waals surface area contributed by atoms with Crippen molar-refractivity contribution in [1.82, 2.24) is 5.16 Å². The van der Waals surface area contributed by atoms with Crippen LogP contribution in [0.3, 0.4) is 0 Å². The van der Waals surface area contributed by atoms with Gasteiger partial charge in [-0.25, -0.2) is 0 Å². The number of nitrogens with zero attached hydrogens (tertiary/aromatic N) is 1. The van der Waals surface area contributed by atoms with E-state index in [2.05, 4.69) is 79.8 Å². The van der Waals surface area contributed by atoms with E-state index in [1.807, 2.05) is 13.0 Å². The SMILES string of the molecule is Cc1noc(-c2ccc(-c3ccccc3)cc2)c1NCCC(C)(C)C. The maximum atomic E-state index is 5.60. The van der Waals surface area contributed by atoms with Gasteiger partial charge in [0.25, 0.3) is 0 Å². The average molecular weight is 334 g/mol. The first-order valence-electron chi connectivity index (χ1n) is 8.80. The molecule has 0 aliphatic heterocycles. The Morgan fingerprint density at radius 3 is 2.12 bits per heavy atom. The molecule has 0 bridgehead atoms. The Balaban J connectivity index is 1.80. The van der Waals surface area contributed by atoms with Crippen LogP contribution in [0.4, 0.5) is 5.69 Å². The molecule has 3 nitrogen and oxygen atoms in total. The van der Waals surface area contributed by atoms with E-state index in [4.69, 9.17) is 4.52 Å². The molecular formula is C22H26N2O. The van der Waals surface area contributed by atoms with Gasteiger partial charge in [0.15, 0.2) is 5.76 Å². The summed E-state index contributed by atoms with van der Waals surface area (Å²) in [4.78, 5) is 0. The minimum Gasteiger partial charge on any atom is -0.380 e. The van der Waals surface area contributed by atoms with Gasteiger partial charge in [-0.1, -0.05) is 80.5 Å². The van der Waals surface area contributed by atoms with E-state index in [0.717, 1.165) is 35.7 Å². The van der Waals surface area contributed by atoms with Crippen LogP contribution in [0.15, 0.2) is 59.1 Å². The lowest BCUT2D eigenvalue weighted by molar-refractivity contribution is 0.389. The number of anilines is 1. The number of nitrogens with one attached hydrogen (secondary N) is 1. The van der Waals surface area contributed by atoms with E-state index in [0.29, 0.717) is 5.41 Å². The molecule has 0 amide bonds. The minimum absolute atomic E-state index is 0.301. The van der Waals surface area contributed by atoms with E-state index in [9.17, 15) is 0 Å². The van der Waals surface area contributed by atoms with E-state index >= 15 is 0 Å². The van der Waals surface area contributed by atoms with Crippen molar-refractivity contribution in [2.75, 3.05) is 11.9 Å². The molecule has 0 saturated carbocycles. The predicted molar refractivity (Wildman–Crippen MR) is 105 cm³/mol. The molecule has 1 N–H and O–H groups in total. The molecule has 0 aliphatic rings. The molecule has 0 aliphatic carbocycles. The van der Waals surface area contributed by atoms with Crippen LogP contribution < -0.4 is 5.32 Å². The minimum atomic E-state index is 0.301. The maximum Gasteiger partial charge on any atom is 0.190 e. The Morgan fingerprint density at radius 2 is 1.48 bits per heavy atom. The zero-order valence-electron chi connectivity index (χ0n) is 15.5. The van der Waals surface area contributed by atoms with Crippen LogP contribution in [0.1, 0.15) is 32.9 Å². The van der Waals surface area contributed by atoms with Crippen LogP contribution in [0.5, 0.6) is 0 Å². The molecule has 0 spiro atoms. The van der Waals surface area contributed by atoms with Gasteiger partial charge in [-0.2, -0.15) is 0 Å². The molecule has 0 fully saturated rings. The van der Waals surface area contributed by atoms with Crippen molar-refractivity contribution in [3.05, 3.63) is 60.3 Å². The molecule has 0 atom stereocenters. The third kappa shape index (κ3) is 4.30. The highest BCUT2D eigenvalue weighted by Crippen LogP contribution is 2.32. The third-order valence-electron chi connectivity index (χ3n) is 4.29. The Kier molecular flexibility index (Phi) is 4.93. The predicted octanol–water partition coefficient (Wildman–Crippen LogP) is 6.17. The lowest BCUT2D eigenvalue weighted by Gasteiger charge is -2.18. The highest BCUT2D eigenvalue weighted by Gasteiger charge is 2.16. The highest BCUT2D eigenvalue weighted by molar-refractivity contribution is 5.76. The monoisotopic (exact) mass is 334 g/mol. The van der Waals surface area contributed by atoms with Gasteiger partial charge in [-0.3, -0.25) is 0 Å². The molecular weight excluding hydrogens is 308 g/mol. The van der Waals surface area contributed by atoms with Crippen molar-refractivity contribution in [2.24, 2.45) is 5.41 Å². The number of benzene rings is 2. The van der Waals surface area contributed by atoms with Crippen molar-refractivity contribution in [3.8, 4) is 22.5 Å². The van der Waals surface area contributed by atoms with Crippen molar-refractivity contribution >= 4 is 5.69 Å². The lowest BCUT2D eigenvalue weighted by atomic mass is 9.92. The van der Waals surface area contributed by atoms with Crippen LogP contribution in [0, 0.1) is 12.3 Å². The van der Waals surface area contributed by atoms with Crippen LogP contribution >= 0.6 is 0 Å². The second-order valence-corrected chi connectivity index (χ2v) is 7.65. The van der Waals surface area contributed by atoms with E-state index in [-0.39, 0.29) is 0 Å². The molecule has 1 aromatic heterocycles. The number of hydrogen-bond acceptors (Lipinski definition) is 3. The summed E-state index contributed by atoms with van der Waals surface area (Å²) < 4.78 is 5.60. The Morgan fingerprint density at radius 1 is 0.880 bits per heavy atom. The molecule has 3 heteroatoms. The summed E-state index contributed by atoms with van der Waals surface area (Å²) in [5, 5.41) is 7.66. The summed E-state index contributed by atoms with van der Waals surface area (Å²) in [5.74, 6) is 0.811. The molecule has 2 aromatic carbocycles. The lowest BCUT2D eigenvalue weighted by Crippen LogP contribution is -2.13. The van der Waals surface area contributed by atoms with Crippen molar-refractivity contribution < 1.29 is 4.52 Å².